The number of phenols is 7. The molecule has 0 spiro atoms. The van der Waals surface area contributed by atoms with Crippen molar-refractivity contribution in [3.05, 3.63) is 17.2 Å². The number of carbonyl (C=O) groups is 1. The van der Waals surface area contributed by atoms with Crippen molar-refractivity contribution in [3.63, 3.8) is 0 Å². The molecule has 0 aliphatic carbocycles. The second-order valence-electron chi connectivity index (χ2n) is 5.55. The van der Waals surface area contributed by atoms with E-state index in [1.807, 2.05) is 0 Å². The van der Waals surface area contributed by atoms with Crippen LogP contribution in [0.2, 0.25) is 0 Å². The molecule has 2 aromatic carbocycles. The van der Waals surface area contributed by atoms with Gasteiger partial charge in [0.25, 0.3) is 0 Å². The van der Waals surface area contributed by atoms with Gasteiger partial charge in [-0.05, 0) is 6.07 Å². The molecule has 1 aliphatic heterocycles. The van der Waals surface area contributed by atoms with Crippen molar-refractivity contribution < 1.29 is 50.0 Å². The first-order valence-corrected chi connectivity index (χ1v) is 7.20. The highest BCUT2D eigenvalue weighted by Crippen LogP contribution is 2.56. The summed E-state index contributed by atoms with van der Waals surface area (Å²) in [5.41, 5.74) is -0.748. The van der Waals surface area contributed by atoms with Crippen LogP contribution in [0.3, 0.4) is 0 Å². The summed E-state index contributed by atoms with van der Waals surface area (Å²) in [5.74, 6) is -7.99. The molecule has 0 saturated carbocycles. The first-order chi connectivity index (χ1) is 12.2. The number of ether oxygens (including phenoxy) is 2. The normalized spacial score (nSPS) is 16.0. The number of rotatable bonds is 2. The number of methoxy groups -OCH3 is 1. The highest BCUT2D eigenvalue weighted by molar-refractivity contribution is 6.05. The van der Waals surface area contributed by atoms with E-state index in [9.17, 15) is 40.5 Å². The minimum Gasteiger partial charge on any atom is -0.504 e. The van der Waals surface area contributed by atoms with E-state index in [1.54, 1.807) is 0 Å². The molecule has 1 aliphatic rings. The van der Waals surface area contributed by atoms with Gasteiger partial charge in [0.2, 0.25) is 28.7 Å². The molecule has 7 N–H and O–H groups in total. The van der Waals surface area contributed by atoms with Gasteiger partial charge >= 0.3 is 0 Å². The lowest BCUT2D eigenvalue weighted by Gasteiger charge is -2.28. The van der Waals surface area contributed by atoms with Crippen molar-refractivity contribution in [1.29, 1.82) is 0 Å². The molecule has 10 heteroatoms. The van der Waals surface area contributed by atoms with E-state index >= 15 is 0 Å². The largest absolute Gasteiger partial charge is 0.504 e. The third-order valence-corrected chi connectivity index (χ3v) is 4.05. The molecule has 0 radical (unpaired) electrons. The number of fused-ring (bicyclic) bond motifs is 1. The Kier molecular flexibility index (Phi) is 3.75. The van der Waals surface area contributed by atoms with Gasteiger partial charge in [-0.15, -0.1) is 0 Å². The number of benzene rings is 2. The zero-order valence-corrected chi connectivity index (χ0v) is 13.2. The SMILES string of the molecule is COc1c(O)cc(C2CC(=O)c3c(O)c(O)c(O)c(O)c3O2)c(O)c1O. The van der Waals surface area contributed by atoms with Crippen molar-refractivity contribution in [2.75, 3.05) is 7.11 Å². The predicted octanol–water partition coefficient (Wildman–Crippen LogP) is 1.34. The van der Waals surface area contributed by atoms with Crippen molar-refractivity contribution in [1.82, 2.24) is 0 Å². The van der Waals surface area contributed by atoms with Crippen LogP contribution < -0.4 is 9.47 Å². The summed E-state index contributed by atoms with van der Waals surface area (Å²) in [6.07, 6.45) is -1.75. The van der Waals surface area contributed by atoms with Crippen LogP contribution in [0.25, 0.3) is 0 Å². The fourth-order valence-electron chi connectivity index (χ4n) is 2.77. The minimum atomic E-state index is -1.29. The van der Waals surface area contributed by atoms with Crippen LogP contribution in [0.15, 0.2) is 6.07 Å². The van der Waals surface area contributed by atoms with Crippen molar-refractivity contribution in [2.45, 2.75) is 12.5 Å². The number of hydrogen-bond donors (Lipinski definition) is 7. The van der Waals surface area contributed by atoms with E-state index < -0.39 is 75.6 Å². The topological polar surface area (TPSA) is 177 Å². The summed E-state index contributed by atoms with van der Waals surface area (Å²) in [6, 6.07) is 0.994. The van der Waals surface area contributed by atoms with Crippen molar-refractivity contribution in [2.24, 2.45) is 0 Å². The van der Waals surface area contributed by atoms with Crippen LogP contribution in [0, 0.1) is 0 Å². The lowest BCUT2D eigenvalue weighted by Crippen LogP contribution is -2.21. The summed E-state index contributed by atoms with van der Waals surface area (Å²) < 4.78 is 10.1. The van der Waals surface area contributed by atoms with Gasteiger partial charge in [-0.1, -0.05) is 0 Å². The fourth-order valence-corrected chi connectivity index (χ4v) is 2.77. The maximum absolute atomic E-state index is 12.3. The minimum absolute atomic E-state index is 0.203. The molecule has 2 aromatic rings. The monoisotopic (exact) mass is 366 g/mol. The van der Waals surface area contributed by atoms with Crippen LogP contribution in [0.1, 0.15) is 28.4 Å². The molecule has 0 fully saturated rings. The molecule has 0 aromatic heterocycles. The predicted molar refractivity (Wildman–Crippen MR) is 83.4 cm³/mol. The Morgan fingerprint density at radius 2 is 1.54 bits per heavy atom. The Morgan fingerprint density at radius 3 is 2.15 bits per heavy atom. The third-order valence-electron chi connectivity index (χ3n) is 4.05. The van der Waals surface area contributed by atoms with E-state index in [0.717, 1.165) is 13.2 Å². The maximum atomic E-state index is 12.3. The summed E-state index contributed by atoms with van der Waals surface area (Å²) in [4.78, 5) is 12.3. The third kappa shape index (κ3) is 2.23. The van der Waals surface area contributed by atoms with Crippen LogP contribution in [-0.4, -0.2) is 48.6 Å². The van der Waals surface area contributed by atoms with Crippen LogP contribution in [-0.2, 0) is 0 Å². The summed E-state index contributed by atoms with van der Waals surface area (Å²) in [5, 5.41) is 68.7. The molecule has 138 valence electrons. The Balaban J connectivity index is 2.15. The molecule has 26 heavy (non-hydrogen) atoms. The van der Waals surface area contributed by atoms with Gasteiger partial charge in [-0.2, -0.15) is 0 Å². The quantitative estimate of drug-likeness (QED) is 0.303. The smallest absolute Gasteiger partial charge is 0.208 e. The van der Waals surface area contributed by atoms with Crippen LogP contribution in [0.5, 0.6) is 51.7 Å². The molecule has 0 bridgehead atoms. The maximum Gasteiger partial charge on any atom is 0.208 e. The number of carbonyl (C=O) groups excluding carboxylic acids is 1. The molecule has 0 amide bonds. The Hall–Kier alpha value is -3.69. The van der Waals surface area contributed by atoms with E-state index in [2.05, 4.69) is 0 Å². The van der Waals surface area contributed by atoms with Gasteiger partial charge in [-0.3, -0.25) is 4.79 Å². The average Bonchev–Trinajstić information content (AvgIpc) is 2.61. The first kappa shape index (κ1) is 17.1. The highest BCUT2D eigenvalue weighted by atomic mass is 16.5. The van der Waals surface area contributed by atoms with Gasteiger partial charge in [-0.25, -0.2) is 0 Å². The Bertz CT molecular complexity index is 934. The standard InChI is InChI=1S/C16H14O10/c1-25-15-6(18)2-4(9(19)13(15)23)7-3-5(17)8-10(20)11(21)12(22)14(24)16(8)26-7/h2,7,18-24H,3H2,1H3. The number of aromatic hydroxyl groups is 7. The van der Waals surface area contributed by atoms with E-state index in [1.165, 1.54) is 0 Å². The Labute approximate surface area is 145 Å². The zero-order valence-electron chi connectivity index (χ0n) is 13.2. The number of hydrogen-bond acceptors (Lipinski definition) is 10. The van der Waals surface area contributed by atoms with E-state index in [4.69, 9.17) is 9.47 Å². The molecule has 1 atom stereocenters. The molecule has 10 nitrogen and oxygen atoms in total. The van der Waals surface area contributed by atoms with Gasteiger partial charge in [0.15, 0.2) is 28.8 Å². The lowest BCUT2D eigenvalue weighted by molar-refractivity contribution is 0.0830. The molecule has 1 heterocycles. The van der Waals surface area contributed by atoms with Gasteiger partial charge in [0.1, 0.15) is 11.7 Å². The Morgan fingerprint density at radius 1 is 0.923 bits per heavy atom. The first-order valence-electron chi connectivity index (χ1n) is 7.20. The van der Waals surface area contributed by atoms with Gasteiger partial charge in [0, 0.05) is 5.56 Å². The van der Waals surface area contributed by atoms with Crippen molar-refractivity contribution in [3.8, 4) is 51.7 Å². The molecule has 0 saturated heterocycles. The summed E-state index contributed by atoms with van der Waals surface area (Å²) in [7, 11) is 1.15. The van der Waals surface area contributed by atoms with Crippen molar-refractivity contribution >= 4 is 5.78 Å². The molecular formula is C16H14O10. The van der Waals surface area contributed by atoms with Crippen LogP contribution >= 0.6 is 0 Å². The second-order valence-corrected chi connectivity index (χ2v) is 5.55. The van der Waals surface area contributed by atoms with Crippen LogP contribution in [0.4, 0.5) is 0 Å². The van der Waals surface area contributed by atoms with E-state index in [-0.39, 0.29) is 5.56 Å². The highest BCUT2D eigenvalue weighted by Gasteiger charge is 2.38. The van der Waals surface area contributed by atoms with E-state index in [0.29, 0.717) is 0 Å². The lowest BCUT2D eigenvalue weighted by atomic mass is 9.93. The van der Waals surface area contributed by atoms with Gasteiger partial charge < -0.3 is 45.2 Å². The fraction of sp³-hybridized carbons (Fsp3) is 0.188. The summed E-state index contributed by atoms with van der Waals surface area (Å²) in [6.45, 7) is 0. The number of ketones is 1. The summed E-state index contributed by atoms with van der Waals surface area (Å²) >= 11 is 0. The van der Waals surface area contributed by atoms with Gasteiger partial charge in [0.05, 0.1) is 13.5 Å². The molecule has 1 unspecified atom stereocenters. The average molecular weight is 366 g/mol. The molecule has 3 rings (SSSR count). The zero-order chi connectivity index (χ0) is 19.3. The second kappa shape index (κ2) is 5.69. The number of Topliss-reactive ketones (excluding diaryl/α,β-unsaturated/α-hetero) is 1. The molecular weight excluding hydrogens is 352 g/mol. The number of phenolic OH excluding ortho intramolecular Hbond substituents is 7.